The van der Waals surface area contributed by atoms with Crippen molar-refractivity contribution < 1.29 is 19.8 Å². The number of amides is 1. The minimum atomic E-state index is -0.815. The molecule has 5 heteroatoms. The molecule has 0 aromatic rings. The van der Waals surface area contributed by atoms with E-state index in [1.807, 2.05) is 6.92 Å². The molecule has 92 valence electrons. The number of carboxylic acid groups (broad SMARTS) is 1. The summed E-state index contributed by atoms with van der Waals surface area (Å²) in [6, 6.07) is -0.212. The van der Waals surface area contributed by atoms with E-state index in [2.05, 4.69) is 5.32 Å². The number of rotatable bonds is 5. The highest BCUT2D eigenvalue weighted by Crippen LogP contribution is 2.31. The molecule has 1 aliphatic carbocycles. The second kappa shape index (κ2) is 5.84. The molecule has 0 unspecified atom stereocenters. The van der Waals surface area contributed by atoms with Gasteiger partial charge in [-0.1, -0.05) is 6.92 Å². The van der Waals surface area contributed by atoms with E-state index in [4.69, 9.17) is 10.2 Å². The van der Waals surface area contributed by atoms with Crippen LogP contribution in [0.2, 0.25) is 0 Å². The Morgan fingerprint density at radius 3 is 2.44 bits per heavy atom. The van der Waals surface area contributed by atoms with Gasteiger partial charge in [0, 0.05) is 5.92 Å². The van der Waals surface area contributed by atoms with Crippen LogP contribution in [0.15, 0.2) is 0 Å². The maximum atomic E-state index is 11.7. The van der Waals surface area contributed by atoms with Crippen LogP contribution in [0.4, 0.5) is 0 Å². The number of hydrogen-bond acceptors (Lipinski definition) is 3. The van der Waals surface area contributed by atoms with Gasteiger partial charge in [-0.2, -0.15) is 0 Å². The zero-order chi connectivity index (χ0) is 12.1. The number of aliphatic hydroxyl groups excluding tert-OH is 1. The third-order valence-electron chi connectivity index (χ3n) is 3.21. The van der Waals surface area contributed by atoms with E-state index in [0.29, 0.717) is 25.7 Å². The van der Waals surface area contributed by atoms with Gasteiger partial charge in [0.25, 0.3) is 0 Å². The molecule has 0 saturated heterocycles. The van der Waals surface area contributed by atoms with Crippen LogP contribution in [-0.4, -0.2) is 34.7 Å². The molecular weight excluding hydrogens is 210 g/mol. The number of aliphatic hydroxyl groups is 1. The van der Waals surface area contributed by atoms with Crippen LogP contribution in [-0.2, 0) is 9.59 Å². The van der Waals surface area contributed by atoms with Crippen LogP contribution in [0, 0.1) is 11.8 Å². The molecule has 0 heterocycles. The maximum absolute atomic E-state index is 11.7. The molecule has 1 aliphatic rings. The van der Waals surface area contributed by atoms with Crippen LogP contribution >= 0.6 is 0 Å². The summed E-state index contributed by atoms with van der Waals surface area (Å²) in [4.78, 5) is 22.5. The van der Waals surface area contributed by atoms with Crippen molar-refractivity contribution in [1.29, 1.82) is 0 Å². The van der Waals surface area contributed by atoms with Crippen molar-refractivity contribution in [3.63, 3.8) is 0 Å². The predicted octanol–water partition coefficient (Wildman–Crippen LogP) is 0.374. The van der Waals surface area contributed by atoms with Gasteiger partial charge in [0.15, 0.2) is 0 Å². The number of carbonyl (C=O) groups excluding carboxylic acids is 1. The first kappa shape index (κ1) is 13.0. The summed E-state index contributed by atoms with van der Waals surface area (Å²) in [5.41, 5.74) is 0. The molecular formula is C11H19NO4. The molecule has 1 amide bonds. The van der Waals surface area contributed by atoms with Gasteiger partial charge in [-0.15, -0.1) is 0 Å². The molecule has 1 saturated carbocycles. The summed E-state index contributed by atoms with van der Waals surface area (Å²) in [5.74, 6) is -1.53. The normalized spacial score (nSPS) is 26.4. The van der Waals surface area contributed by atoms with Crippen molar-refractivity contribution in [2.75, 3.05) is 6.61 Å². The molecule has 3 atom stereocenters. The van der Waals surface area contributed by atoms with Crippen LogP contribution in [0.5, 0.6) is 0 Å². The van der Waals surface area contributed by atoms with Gasteiger partial charge in [0.1, 0.15) is 0 Å². The second-order valence-corrected chi connectivity index (χ2v) is 4.34. The molecule has 0 bridgehead atoms. The molecule has 5 nitrogen and oxygen atoms in total. The predicted molar refractivity (Wildman–Crippen MR) is 57.8 cm³/mol. The fraction of sp³-hybridized carbons (Fsp3) is 0.818. The molecule has 0 aliphatic heterocycles. The largest absolute Gasteiger partial charge is 0.481 e. The zero-order valence-electron chi connectivity index (χ0n) is 9.48. The first-order valence-corrected chi connectivity index (χ1v) is 5.72. The lowest BCUT2D eigenvalue weighted by Crippen LogP contribution is -2.40. The van der Waals surface area contributed by atoms with Gasteiger partial charge in [0.05, 0.1) is 18.6 Å². The first-order chi connectivity index (χ1) is 7.58. The fourth-order valence-corrected chi connectivity index (χ4v) is 2.04. The average Bonchev–Trinajstić information content (AvgIpc) is 2.74. The van der Waals surface area contributed by atoms with Crippen LogP contribution < -0.4 is 5.32 Å². The summed E-state index contributed by atoms with van der Waals surface area (Å²) in [6.45, 7) is 1.81. The number of carboxylic acids is 1. The van der Waals surface area contributed by atoms with Gasteiger partial charge >= 0.3 is 5.97 Å². The number of hydrogen-bond donors (Lipinski definition) is 3. The van der Waals surface area contributed by atoms with Crippen LogP contribution in [0.3, 0.4) is 0 Å². The third kappa shape index (κ3) is 3.20. The van der Waals surface area contributed by atoms with E-state index in [1.165, 1.54) is 0 Å². The van der Waals surface area contributed by atoms with Gasteiger partial charge in [0.2, 0.25) is 5.91 Å². The summed E-state index contributed by atoms with van der Waals surface area (Å²) >= 11 is 0. The van der Waals surface area contributed by atoms with E-state index in [0.717, 1.165) is 0 Å². The van der Waals surface area contributed by atoms with E-state index in [9.17, 15) is 9.59 Å². The molecule has 3 N–H and O–H groups in total. The Morgan fingerprint density at radius 1 is 1.38 bits per heavy atom. The third-order valence-corrected chi connectivity index (χ3v) is 3.21. The highest BCUT2D eigenvalue weighted by Gasteiger charge is 2.34. The van der Waals surface area contributed by atoms with Crippen molar-refractivity contribution in [3.05, 3.63) is 0 Å². The molecule has 0 aromatic carbocycles. The highest BCUT2D eigenvalue weighted by molar-refractivity contribution is 5.81. The summed E-state index contributed by atoms with van der Waals surface area (Å²) < 4.78 is 0. The van der Waals surface area contributed by atoms with Crippen molar-refractivity contribution in [2.24, 2.45) is 11.8 Å². The van der Waals surface area contributed by atoms with Crippen molar-refractivity contribution in [1.82, 2.24) is 5.32 Å². The summed E-state index contributed by atoms with van der Waals surface area (Å²) in [6.07, 6.45) is 2.30. The Morgan fingerprint density at radius 2 is 2.00 bits per heavy atom. The molecule has 0 spiro atoms. The number of carbonyl (C=O) groups is 2. The Kier molecular flexibility index (Phi) is 4.73. The lowest BCUT2D eigenvalue weighted by Gasteiger charge is -2.17. The van der Waals surface area contributed by atoms with Crippen molar-refractivity contribution >= 4 is 11.9 Å². The first-order valence-electron chi connectivity index (χ1n) is 5.72. The number of nitrogens with one attached hydrogen (secondary N) is 1. The number of aliphatic carboxylic acids is 1. The Hall–Kier alpha value is -1.10. The molecule has 0 aromatic heterocycles. The Bertz CT molecular complexity index is 263. The van der Waals surface area contributed by atoms with E-state index >= 15 is 0 Å². The van der Waals surface area contributed by atoms with E-state index < -0.39 is 5.97 Å². The van der Waals surface area contributed by atoms with Crippen LogP contribution in [0.1, 0.15) is 32.6 Å². The summed E-state index contributed by atoms with van der Waals surface area (Å²) in [5, 5.41) is 20.5. The van der Waals surface area contributed by atoms with Gasteiger partial charge < -0.3 is 15.5 Å². The lowest BCUT2D eigenvalue weighted by molar-refractivity contribution is -0.141. The minimum Gasteiger partial charge on any atom is -0.481 e. The van der Waals surface area contributed by atoms with Crippen molar-refractivity contribution in [2.45, 2.75) is 38.6 Å². The molecule has 0 radical (unpaired) electrons. The van der Waals surface area contributed by atoms with E-state index in [1.54, 1.807) is 0 Å². The SMILES string of the molecule is CC[C@@H](CO)NC(=O)[C@@H]1CC[C@H](C(=O)O)C1. The maximum Gasteiger partial charge on any atom is 0.306 e. The lowest BCUT2D eigenvalue weighted by atomic mass is 10.0. The topological polar surface area (TPSA) is 86.6 Å². The smallest absolute Gasteiger partial charge is 0.306 e. The summed E-state index contributed by atoms with van der Waals surface area (Å²) in [7, 11) is 0. The fourth-order valence-electron chi connectivity index (χ4n) is 2.04. The minimum absolute atomic E-state index is 0.0721. The monoisotopic (exact) mass is 229 g/mol. The molecule has 1 fully saturated rings. The van der Waals surface area contributed by atoms with Crippen molar-refractivity contribution in [3.8, 4) is 0 Å². The average molecular weight is 229 g/mol. The standard InChI is InChI=1S/C11H19NO4/c1-2-9(6-13)12-10(14)7-3-4-8(5-7)11(15)16/h7-9,13H,2-6H2,1H3,(H,12,14)(H,15,16)/t7-,8+,9+/m1/s1. The molecule has 16 heavy (non-hydrogen) atoms. The quantitative estimate of drug-likeness (QED) is 0.636. The highest BCUT2D eigenvalue weighted by atomic mass is 16.4. The zero-order valence-corrected chi connectivity index (χ0v) is 9.48. The molecule has 1 rings (SSSR count). The van der Waals surface area contributed by atoms with Gasteiger partial charge in [-0.3, -0.25) is 9.59 Å². The Labute approximate surface area is 94.8 Å². The van der Waals surface area contributed by atoms with Gasteiger partial charge in [-0.05, 0) is 25.7 Å². The van der Waals surface area contributed by atoms with Gasteiger partial charge in [-0.25, -0.2) is 0 Å². The van der Waals surface area contributed by atoms with E-state index in [-0.39, 0.29) is 30.4 Å². The second-order valence-electron chi connectivity index (χ2n) is 4.34. The Balaban J connectivity index is 2.41. The van der Waals surface area contributed by atoms with Crippen LogP contribution in [0.25, 0.3) is 0 Å².